The normalized spacial score (nSPS) is 22.0. The van der Waals surface area contributed by atoms with Gasteiger partial charge in [0.25, 0.3) is 0 Å². The molecule has 6 nitrogen and oxygen atoms in total. The second-order valence-electron chi connectivity index (χ2n) is 6.75. The van der Waals surface area contributed by atoms with E-state index in [0.29, 0.717) is 5.88 Å². The van der Waals surface area contributed by atoms with Crippen LogP contribution < -0.4 is 10.1 Å². The standard InChI is InChI=1S/C16H25N3O3/c1-11-8-14(18-10-17-11)21-13-7-5-6-12(9-13)19-15(20)22-16(2,3)4/h8,10,12-13H,5-7,9H2,1-4H3,(H,19,20). The van der Waals surface area contributed by atoms with Gasteiger partial charge in [0.15, 0.2) is 0 Å². The summed E-state index contributed by atoms with van der Waals surface area (Å²) in [6.45, 7) is 7.48. The molecular formula is C16H25N3O3. The number of hydrogen-bond acceptors (Lipinski definition) is 5. The van der Waals surface area contributed by atoms with Crippen LogP contribution in [0, 0.1) is 6.92 Å². The van der Waals surface area contributed by atoms with E-state index in [9.17, 15) is 4.79 Å². The fourth-order valence-corrected chi connectivity index (χ4v) is 2.52. The number of rotatable bonds is 3. The Kier molecular flexibility index (Phi) is 5.21. The first-order valence-electron chi connectivity index (χ1n) is 7.76. The van der Waals surface area contributed by atoms with Crippen molar-refractivity contribution in [1.82, 2.24) is 15.3 Å². The number of alkyl carbamates (subject to hydrolysis) is 1. The van der Waals surface area contributed by atoms with Gasteiger partial charge in [-0.25, -0.2) is 14.8 Å². The van der Waals surface area contributed by atoms with Gasteiger partial charge >= 0.3 is 6.09 Å². The number of amides is 1. The number of carbonyl (C=O) groups is 1. The minimum Gasteiger partial charge on any atom is -0.474 e. The molecule has 6 heteroatoms. The Labute approximate surface area is 131 Å². The lowest BCUT2D eigenvalue weighted by atomic mass is 9.93. The first-order chi connectivity index (χ1) is 10.3. The van der Waals surface area contributed by atoms with E-state index in [4.69, 9.17) is 9.47 Å². The van der Waals surface area contributed by atoms with Crippen LogP contribution in [0.15, 0.2) is 12.4 Å². The highest BCUT2D eigenvalue weighted by molar-refractivity contribution is 5.68. The molecule has 2 atom stereocenters. The van der Waals surface area contributed by atoms with Crippen LogP contribution in [-0.4, -0.2) is 33.8 Å². The maximum Gasteiger partial charge on any atom is 0.407 e. The third-order valence-electron chi connectivity index (χ3n) is 3.41. The smallest absolute Gasteiger partial charge is 0.407 e. The lowest BCUT2D eigenvalue weighted by Gasteiger charge is -2.30. The maximum atomic E-state index is 11.8. The zero-order chi connectivity index (χ0) is 16.2. The Morgan fingerprint density at radius 3 is 2.77 bits per heavy atom. The third-order valence-corrected chi connectivity index (χ3v) is 3.41. The van der Waals surface area contributed by atoms with Crippen molar-refractivity contribution in [3.8, 4) is 5.88 Å². The highest BCUT2D eigenvalue weighted by atomic mass is 16.6. The Morgan fingerprint density at radius 1 is 1.32 bits per heavy atom. The summed E-state index contributed by atoms with van der Waals surface area (Å²) in [4.78, 5) is 20.0. The summed E-state index contributed by atoms with van der Waals surface area (Å²) in [5.74, 6) is 0.593. The van der Waals surface area contributed by atoms with Gasteiger partial charge in [0.05, 0.1) is 0 Å². The van der Waals surface area contributed by atoms with Crippen LogP contribution in [0.5, 0.6) is 5.88 Å². The van der Waals surface area contributed by atoms with E-state index in [0.717, 1.165) is 31.4 Å². The van der Waals surface area contributed by atoms with E-state index in [1.807, 2.05) is 33.8 Å². The molecule has 1 amide bonds. The molecule has 1 heterocycles. The molecule has 1 saturated carbocycles. The Balaban J connectivity index is 1.85. The highest BCUT2D eigenvalue weighted by Gasteiger charge is 2.26. The largest absolute Gasteiger partial charge is 0.474 e. The lowest BCUT2D eigenvalue weighted by molar-refractivity contribution is 0.0461. The molecule has 2 rings (SSSR count). The molecule has 122 valence electrons. The van der Waals surface area contributed by atoms with Gasteiger partial charge in [-0.2, -0.15) is 0 Å². The Morgan fingerprint density at radius 2 is 2.09 bits per heavy atom. The van der Waals surface area contributed by atoms with Crippen molar-refractivity contribution < 1.29 is 14.3 Å². The van der Waals surface area contributed by atoms with Gasteiger partial charge in [0, 0.05) is 24.2 Å². The third kappa shape index (κ3) is 5.50. The predicted molar refractivity (Wildman–Crippen MR) is 82.8 cm³/mol. The van der Waals surface area contributed by atoms with E-state index < -0.39 is 5.60 Å². The predicted octanol–water partition coefficient (Wildman–Crippen LogP) is 3.00. The van der Waals surface area contributed by atoms with Crippen molar-refractivity contribution in [3.63, 3.8) is 0 Å². The topological polar surface area (TPSA) is 73.3 Å². The van der Waals surface area contributed by atoms with E-state index in [1.54, 1.807) is 0 Å². The molecule has 0 radical (unpaired) electrons. The van der Waals surface area contributed by atoms with E-state index in [2.05, 4.69) is 15.3 Å². The minimum absolute atomic E-state index is 0.0583. The molecule has 0 bridgehead atoms. The van der Waals surface area contributed by atoms with Crippen molar-refractivity contribution in [3.05, 3.63) is 18.1 Å². The summed E-state index contributed by atoms with van der Waals surface area (Å²) in [5.41, 5.74) is 0.400. The van der Waals surface area contributed by atoms with Gasteiger partial charge in [0.1, 0.15) is 18.0 Å². The van der Waals surface area contributed by atoms with E-state index >= 15 is 0 Å². The summed E-state index contributed by atoms with van der Waals surface area (Å²) in [7, 11) is 0. The zero-order valence-electron chi connectivity index (χ0n) is 13.8. The number of aryl methyl sites for hydroxylation is 1. The van der Waals surface area contributed by atoms with E-state index in [1.165, 1.54) is 6.33 Å². The molecule has 1 aliphatic carbocycles. The first-order valence-corrected chi connectivity index (χ1v) is 7.76. The average molecular weight is 307 g/mol. The van der Waals surface area contributed by atoms with Gasteiger partial charge in [0.2, 0.25) is 5.88 Å². The molecular weight excluding hydrogens is 282 g/mol. The molecule has 1 aromatic heterocycles. The number of carbonyl (C=O) groups excluding carboxylic acids is 1. The van der Waals surface area contributed by atoms with Gasteiger partial charge in [-0.15, -0.1) is 0 Å². The molecule has 1 aromatic rings. The quantitative estimate of drug-likeness (QED) is 0.929. The average Bonchev–Trinajstić information content (AvgIpc) is 2.36. The van der Waals surface area contributed by atoms with Crippen molar-refractivity contribution in [1.29, 1.82) is 0 Å². The number of hydrogen-bond donors (Lipinski definition) is 1. The number of ether oxygens (including phenoxy) is 2. The van der Waals surface area contributed by atoms with Crippen LogP contribution in [0.2, 0.25) is 0 Å². The summed E-state index contributed by atoms with van der Waals surface area (Å²) < 4.78 is 11.2. The Bertz CT molecular complexity index is 514. The van der Waals surface area contributed by atoms with Crippen LogP contribution >= 0.6 is 0 Å². The van der Waals surface area contributed by atoms with Crippen LogP contribution in [-0.2, 0) is 4.74 Å². The maximum absolute atomic E-state index is 11.8. The van der Waals surface area contributed by atoms with E-state index in [-0.39, 0.29) is 18.2 Å². The summed E-state index contributed by atoms with van der Waals surface area (Å²) in [6, 6.07) is 1.90. The minimum atomic E-state index is -0.479. The SMILES string of the molecule is Cc1cc(OC2CCCC(NC(=O)OC(C)(C)C)C2)ncn1. The van der Waals surface area contributed by atoms with Gasteiger partial charge < -0.3 is 14.8 Å². The first kappa shape index (κ1) is 16.5. The molecule has 1 aliphatic rings. The van der Waals surface area contributed by atoms with Crippen LogP contribution in [0.1, 0.15) is 52.1 Å². The number of nitrogens with one attached hydrogen (secondary N) is 1. The Hall–Kier alpha value is -1.85. The van der Waals surface area contributed by atoms with Crippen molar-refractivity contribution in [2.24, 2.45) is 0 Å². The summed E-state index contributed by atoms with van der Waals surface area (Å²) in [5, 5.41) is 2.93. The highest BCUT2D eigenvalue weighted by Crippen LogP contribution is 2.23. The number of aromatic nitrogens is 2. The van der Waals surface area contributed by atoms with Crippen molar-refractivity contribution >= 4 is 6.09 Å². The van der Waals surface area contributed by atoms with Crippen LogP contribution in [0.3, 0.4) is 0 Å². The van der Waals surface area contributed by atoms with Gasteiger partial charge in [-0.1, -0.05) is 0 Å². The molecule has 2 unspecified atom stereocenters. The molecule has 1 N–H and O–H groups in total. The zero-order valence-corrected chi connectivity index (χ0v) is 13.8. The van der Waals surface area contributed by atoms with Gasteiger partial charge in [-0.3, -0.25) is 0 Å². The second-order valence-corrected chi connectivity index (χ2v) is 6.75. The molecule has 0 aromatic carbocycles. The molecule has 0 spiro atoms. The molecule has 1 fully saturated rings. The van der Waals surface area contributed by atoms with Crippen molar-refractivity contribution in [2.45, 2.75) is 71.1 Å². The lowest BCUT2D eigenvalue weighted by Crippen LogP contribution is -2.43. The second kappa shape index (κ2) is 6.94. The van der Waals surface area contributed by atoms with Crippen LogP contribution in [0.25, 0.3) is 0 Å². The summed E-state index contributed by atoms with van der Waals surface area (Å²) >= 11 is 0. The van der Waals surface area contributed by atoms with Gasteiger partial charge in [-0.05, 0) is 47.0 Å². The van der Waals surface area contributed by atoms with Crippen molar-refractivity contribution in [2.75, 3.05) is 0 Å². The fraction of sp³-hybridized carbons (Fsp3) is 0.688. The van der Waals surface area contributed by atoms with Crippen LogP contribution in [0.4, 0.5) is 4.79 Å². The summed E-state index contributed by atoms with van der Waals surface area (Å²) in [6.07, 6.45) is 4.89. The molecule has 0 aliphatic heterocycles. The molecule has 22 heavy (non-hydrogen) atoms. The number of nitrogens with zero attached hydrogens (tertiary/aromatic N) is 2. The molecule has 0 saturated heterocycles. The monoisotopic (exact) mass is 307 g/mol. The fourth-order valence-electron chi connectivity index (χ4n) is 2.52.